The molecule has 2 heterocycles. The molecule has 0 aromatic heterocycles. The van der Waals surface area contributed by atoms with Crippen LogP contribution in [0.5, 0.6) is 0 Å². The third-order valence-electron chi connectivity index (χ3n) is 6.93. The molecule has 4 atom stereocenters. The summed E-state index contributed by atoms with van der Waals surface area (Å²) < 4.78 is 6.63. The maximum atomic E-state index is 14.2. The Morgan fingerprint density at radius 1 is 0.871 bits per heavy atom. The summed E-state index contributed by atoms with van der Waals surface area (Å²) >= 11 is 0. The number of benzene rings is 3. The first-order valence-corrected chi connectivity index (χ1v) is 10.8. The number of ether oxygens (including phenoxy) is 1. The van der Waals surface area contributed by atoms with Crippen LogP contribution >= 0.6 is 0 Å². The Bertz CT molecular complexity index is 1100. The summed E-state index contributed by atoms with van der Waals surface area (Å²) in [6.45, 7) is 3.81. The van der Waals surface area contributed by atoms with Gasteiger partial charge < -0.3 is 14.7 Å². The highest BCUT2D eigenvalue weighted by Crippen LogP contribution is 2.54. The molecule has 0 saturated carbocycles. The summed E-state index contributed by atoms with van der Waals surface area (Å²) in [4.78, 5) is 16.0. The number of aliphatic hydroxyl groups is 1. The monoisotopic (exact) mass is 413 g/mol. The Morgan fingerprint density at radius 3 is 2.10 bits per heavy atom. The number of fused-ring (bicyclic) bond motifs is 3. The second-order valence-corrected chi connectivity index (χ2v) is 8.90. The third-order valence-corrected chi connectivity index (χ3v) is 6.93. The molecule has 0 spiro atoms. The molecule has 4 nitrogen and oxygen atoms in total. The lowest BCUT2D eigenvalue weighted by Gasteiger charge is -2.48. The normalized spacial score (nSPS) is 29.5. The summed E-state index contributed by atoms with van der Waals surface area (Å²) in [5.74, 6) is -0.00460. The average Bonchev–Trinajstić information content (AvgIpc) is 3.13. The molecule has 1 fully saturated rings. The number of hydrogen-bond donors (Lipinski definition) is 1. The second kappa shape index (κ2) is 7.33. The van der Waals surface area contributed by atoms with Gasteiger partial charge in [-0.25, -0.2) is 0 Å². The molecular weight excluding hydrogens is 386 g/mol. The lowest BCUT2D eigenvalue weighted by atomic mass is 9.69. The van der Waals surface area contributed by atoms with E-state index in [1.165, 1.54) is 0 Å². The van der Waals surface area contributed by atoms with Gasteiger partial charge in [-0.1, -0.05) is 84.9 Å². The van der Waals surface area contributed by atoms with E-state index in [0.717, 1.165) is 22.3 Å². The minimum Gasteiger partial charge on any atom is -0.394 e. The summed E-state index contributed by atoms with van der Waals surface area (Å²) in [6.07, 6.45) is 0.192. The molecule has 0 unspecified atom stereocenters. The van der Waals surface area contributed by atoms with E-state index in [9.17, 15) is 9.90 Å². The molecule has 0 radical (unpaired) electrons. The summed E-state index contributed by atoms with van der Waals surface area (Å²) in [5.41, 5.74) is 2.37. The van der Waals surface area contributed by atoms with Gasteiger partial charge in [0, 0.05) is 5.56 Å². The Balaban J connectivity index is 1.67. The van der Waals surface area contributed by atoms with Crippen molar-refractivity contribution in [2.45, 2.75) is 43.6 Å². The van der Waals surface area contributed by atoms with E-state index in [-0.39, 0.29) is 12.5 Å². The number of nitrogens with zero attached hydrogens (tertiary/aromatic N) is 1. The fourth-order valence-electron chi connectivity index (χ4n) is 5.41. The zero-order valence-electron chi connectivity index (χ0n) is 17.9. The predicted octanol–water partition coefficient (Wildman–Crippen LogP) is 4.33. The summed E-state index contributed by atoms with van der Waals surface area (Å²) in [5, 5.41) is 10.4. The van der Waals surface area contributed by atoms with Gasteiger partial charge in [0.25, 0.3) is 0 Å². The van der Waals surface area contributed by atoms with E-state index < -0.39 is 23.3 Å². The molecule has 2 aliphatic heterocycles. The summed E-state index contributed by atoms with van der Waals surface area (Å²) in [7, 11) is 0. The SMILES string of the molecule is C[C@@]1(Cc2ccccc2)C(=O)N2[C@@H](CO)[C@@H](c3ccccc3)O[C@]2(C)c2ccccc21. The molecule has 4 heteroatoms. The fourth-order valence-corrected chi connectivity index (χ4v) is 5.41. The molecule has 5 rings (SSSR count). The highest BCUT2D eigenvalue weighted by atomic mass is 16.5. The van der Waals surface area contributed by atoms with Gasteiger partial charge in [0.2, 0.25) is 5.91 Å². The van der Waals surface area contributed by atoms with Crippen molar-refractivity contribution in [2.24, 2.45) is 0 Å². The van der Waals surface area contributed by atoms with E-state index in [1.54, 1.807) is 4.90 Å². The molecule has 0 bridgehead atoms. The summed E-state index contributed by atoms with van der Waals surface area (Å²) in [6, 6.07) is 27.6. The van der Waals surface area contributed by atoms with Gasteiger partial charge in [0.1, 0.15) is 6.10 Å². The van der Waals surface area contributed by atoms with Crippen molar-refractivity contribution in [3.8, 4) is 0 Å². The molecule has 2 aliphatic rings. The first-order valence-electron chi connectivity index (χ1n) is 10.8. The van der Waals surface area contributed by atoms with Crippen LogP contribution in [0.1, 0.15) is 42.2 Å². The van der Waals surface area contributed by atoms with E-state index in [4.69, 9.17) is 4.74 Å². The molecule has 3 aromatic rings. The first kappa shape index (κ1) is 20.0. The Kier molecular flexibility index (Phi) is 4.72. The molecule has 1 N–H and O–H groups in total. The van der Waals surface area contributed by atoms with E-state index in [0.29, 0.717) is 6.42 Å². The van der Waals surface area contributed by atoms with Gasteiger partial charge in [-0.15, -0.1) is 0 Å². The fraction of sp³-hybridized carbons (Fsp3) is 0.296. The van der Waals surface area contributed by atoms with Crippen molar-refractivity contribution >= 4 is 5.91 Å². The van der Waals surface area contributed by atoms with Crippen LogP contribution in [0.3, 0.4) is 0 Å². The van der Waals surface area contributed by atoms with Crippen molar-refractivity contribution in [2.75, 3.05) is 6.61 Å². The van der Waals surface area contributed by atoms with Gasteiger partial charge in [0.05, 0.1) is 18.1 Å². The number of amides is 1. The maximum absolute atomic E-state index is 14.2. The minimum atomic E-state index is -0.933. The number of carbonyl (C=O) groups excluding carboxylic acids is 1. The van der Waals surface area contributed by atoms with Gasteiger partial charge in [-0.2, -0.15) is 0 Å². The Morgan fingerprint density at radius 2 is 1.45 bits per heavy atom. The zero-order chi connectivity index (χ0) is 21.6. The molecule has 1 amide bonds. The van der Waals surface area contributed by atoms with Gasteiger partial charge >= 0.3 is 0 Å². The lowest BCUT2D eigenvalue weighted by molar-refractivity contribution is -0.163. The zero-order valence-corrected chi connectivity index (χ0v) is 17.9. The highest BCUT2D eigenvalue weighted by Gasteiger charge is 2.61. The van der Waals surface area contributed by atoms with Crippen molar-refractivity contribution in [1.29, 1.82) is 0 Å². The second-order valence-electron chi connectivity index (χ2n) is 8.90. The minimum absolute atomic E-state index is 0.00460. The number of aliphatic hydroxyl groups excluding tert-OH is 1. The molecule has 3 aromatic carbocycles. The molecule has 0 aliphatic carbocycles. The topological polar surface area (TPSA) is 49.8 Å². The van der Waals surface area contributed by atoms with Crippen LogP contribution in [-0.2, 0) is 27.1 Å². The average molecular weight is 414 g/mol. The van der Waals surface area contributed by atoms with E-state index in [1.807, 2.05) is 80.6 Å². The van der Waals surface area contributed by atoms with Gasteiger partial charge in [0.15, 0.2) is 5.72 Å². The van der Waals surface area contributed by atoms with Crippen LogP contribution in [0.25, 0.3) is 0 Å². The Hall–Kier alpha value is -2.95. The standard InChI is InChI=1S/C27H27NO3/c1-26(17-19-11-5-3-6-12-19)21-15-9-10-16-22(21)27(2)28(25(26)30)23(18-29)24(31-27)20-13-7-4-8-14-20/h3-16,23-24,29H,17-18H2,1-2H3/t23-,24+,26-,27+/m0/s1. The highest BCUT2D eigenvalue weighted by molar-refractivity contribution is 5.92. The molecule has 158 valence electrons. The molecule has 1 saturated heterocycles. The van der Waals surface area contributed by atoms with Crippen LogP contribution in [0.2, 0.25) is 0 Å². The lowest BCUT2D eigenvalue weighted by Crippen LogP contribution is -2.60. The van der Waals surface area contributed by atoms with Crippen LogP contribution in [0, 0.1) is 0 Å². The smallest absolute Gasteiger partial charge is 0.236 e. The predicted molar refractivity (Wildman–Crippen MR) is 119 cm³/mol. The van der Waals surface area contributed by atoms with Crippen LogP contribution in [-0.4, -0.2) is 28.6 Å². The van der Waals surface area contributed by atoms with E-state index >= 15 is 0 Å². The number of carbonyl (C=O) groups is 1. The van der Waals surface area contributed by atoms with E-state index in [2.05, 4.69) is 18.2 Å². The Labute approximate surface area is 183 Å². The third kappa shape index (κ3) is 2.93. The van der Waals surface area contributed by atoms with Crippen LogP contribution in [0.15, 0.2) is 84.9 Å². The van der Waals surface area contributed by atoms with Crippen LogP contribution in [0.4, 0.5) is 0 Å². The first-order chi connectivity index (χ1) is 15.0. The maximum Gasteiger partial charge on any atom is 0.236 e. The van der Waals surface area contributed by atoms with Crippen molar-refractivity contribution in [3.05, 3.63) is 107 Å². The van der Waals surface area contributed by atoms with Crippen molar-refractivity contribution in [1.82, 2.24) is 4.90 Å². The van der Waals surface area contributed by atoms with Crippen molar-refractivity contribution < 1.29 is 14.6 Å². The van der Waals surface area contributed by atoms with Crippen LogP contribution < -0.4 is 0 Å². The quantitative estimate of drug-likeness (QED) is 0.692. The largest absolute Gasteiger partial charge is 0.394 e. The molecular formula is C27H27NO3. The van der Waals surface area contributed by atoms with Crippen molar-refractivity contribution in [3.63, 3.8) is 0 Å². The molecule has 31 heavy (non-hydrogen) atoms. The van der Waals surface area contributed by atoms with Gasteiger partial charge in [-0.05, 0) is 37.0 Å². The number of rotatable bonds is 4. The number of hydrogen-bond acceptors (Lipinski definition) is 3. The van der Waals surface area contributed by atoms with Gasteiger partial charge in [-0.3, -0.25) is 4.79 Å².